The zero-order chi connectivity index (χ0) is 17.4. The highest BCUT2D eigenvalue weighted by Gasteiger charge is 2.14. The molecule has 0 amide bonds. The van der Waals surface area contributed by atoms with Gasteiger partial charge in [0.1, 0.15) is 6.33 Å². The van der Waals surface area contributed by atoms with E-state index in [1.165, 1.54) is 15.6 Å². The van der Waals surface area contributed by atoms with Crippen molar-refractivity contribution < 1.29 is 0 Å². The summed E-state index contributed by atoms with van der Waals surface area (Å²) in [4.78, 5) is 21.1. The van der Waals surface area contributed by atoms with Gasteiger partial charge in [0.2, 0.25) is 0 Å². The van der Waals surface area contributed by atoms with Gasteiger partial charge in [0.15, 0.2) is 11.2 Å². The predicted molar refractivity (Wildman–Crippen MR) is 94.0 cm³/mol. The number of aromatic nitrogens is 6. The van der Waals surface area contributed by atoms with E-state index in [0.29, 0.717) is 22.9 Å². The van der Waals surface area contributed by atoms with Gasteiger partial charge in [-0.15, -0.1) is 5.10 Å². The Balaban J connectivity index is 1.79. The van der Waals surface area contributed by atoms with E-state index < -0.39 is 0 Å². The Morgan fingerprint density at radius 2 is 2.12 bits per heavy atom. The predicted octanol–water partition coefficient (Wildman–Crippen LogP) is 2.38. The van der Waals surface area contributed by atoms with E-state index in [1.54, 1.807) is 18.5 Å². The van der Waals surface area contributed by atoms with Crippen molar-refractivity contribution in [1.29, 1.82) is 0 Å². The third-order valence-electron chi connectivity index (χ3n) is 3.91. The average Bonchev–Trinajstić information content (AvgIpc) is 3.05. The summed E-state index contributed by atoms with van der Waals surface area (Å²) >= 11 is 6.18. The molecule has 0 saturated heterocycles. The van der Waals surface area contributed by atoms with Gasteiger partial charge in [0, 0.05) is 17.4 Å². The Morgan fingerprint density at radius 1 is 1.24 bits per heavy atom. The van der Waals surface area contributed by atoms with Crippen molar-refractivity contribution in [2.75, 3.05) is 0 Å². The highest BCUT2D eigenvalue weighted by Crippen LogP contribution is 2.20. The summed E-state index contributed by atoms with van der Waals surface area (Å²) < 4.78 is 3.00. The SMILES string of the molecule is Cc1ccc(-n2nnc3c(=O)n(Cc4cccnc4)cnc32)cc1Cl. The second-order valence-electron chi connectivity index (χ2n) is 5.65. The molecule has 3 aromatic heterocycles. The number of benzene rings is 1. The van der Waals surface area contributed by atoms with Crippen LogP contribution in [0.4, 0.5) is 0 Å². The van der Waals surface area contributed by atoms with Gasteiger partial charge >= 0.3 is 0 Å². The number of rotatable bonds is 3. The van der Waals surface area contributed by atoms with Gasteiger partial charge in [-0.3, -0.25) is 14.3 Å². The lowest BCUT2D eigenvalue weighted by molar-refractivity contribution is 0.742. The van der Waals surface area contributed by atoms with Gasteiger partial charge in [0.25, 0.3) is 5.56 Å². The molecule has 0 unspecified atom stereocenters. The maximum absolute atomic E-state index is 12.7. The summed E-state index contributed by atoms with van der Waals surface area (Å²) in [6.45, 7) is 2.29. The fraction of sp³-hybridized carbons (Fsp3) is 0.118. The molecule has 1 aromatic carbocycles. The molecule has 8 heteroatoms. The highest BCUT2D eigenvalue weighted by molar-refractivity contribution is 6.31. The van der Waals surface area contributed by atoms with Gasteiger partial charge in [-0.1, -0.05) is 28.9 Å². The minimum Gasteiger partial charge on any atom is -0.293 e. The molecule has 0 atom stereocenters. The maximum Gasteiger partial charge on any atom is 0.283 e. The Labute approximate surface area is 147 Å². The molecule has 0 aliphatic heterocycles. The molecule has 0 fully saturated rings. The van der Waals surface area contributed by atoms with Crippen molar-refractivity contribution in [3.63, 3.8) is 0 Å². The number of halogens is 1. The molecule has 0 N–H and O–H groups in total. The number of nitrogens with zero attached hydrogens (tertiary/aromatic N) is 6. The molecule has 3 heterocycles. The molecule has 0 aliphatic rings. The van der Waals surface area contributed by atoms with Crippen molar-refractivity contribution in [1.82, 2.24) is 29.5 Å². The first kappa shape index (κ1) is 15.5. The summed E-state index contributed by atoms with van der Waals surface area (Å²) in [6, 6.07) is 9.24. The van der Waals surface area contributed by atoms with Crippen LogP contribution in [0.2, 0.25) is 5.02 Å². The first-order chi connectivity index (χ1) is 12.1. The van der Waals surface area contributed by atoms with Gasteiger partial charge in [-0.05, 0) is 36.2 Å². The molecule has 0 spiro atoms. The topological polar surface area (TPSA) is 78.5 Å². The van der Waals surface area contributed by atoms with E-state index in [4.69, 9.17) is 11.6 Å². The van der Waals surface area contributed by atoms with Crippen LogP contribution in [-0.2, 0) is 6.54 Å². The molecule has 4 aromatic rings. The molecule has 0 saturated carbocycles. The summed E-state index contributed by atoms with van der Waals surface area (Å²) in [5.41, 5.74) is 2.92. The molecule has 7 nitrogen and oxygen atoms in total. The van der Waals surface area contributed by atoms with Crippen LogP contribution >= 0.6 is 11.6 Å². The normalized spacial score (nSPS) is 11.1. The standard InChI is InChI=1S/C17H13ClN6O/c1-11-4-5-13(7-14(11)18)24-16-15(21-22-24)17(25)23(10-20-16)9-12-3-2-6-19-8-12/h2-8,10H,9H2,1H3. The largest absolute Gasteiger partial charge is 0.293 e. The van der Waals surface area contributed by atoms with E-state index in [0.717, 1.165) is 11.1 Å². The summed E-state index contributed by atoms with van der Waals surface area (Å²) in [7, 11) is 0. The second kappa shape index (κ2) is 6.10. The van der Waals surface area contributed by atoms with Gasteiger partial charge in [0.05, 0.1) is 12.2 Å². The highest BCUT2D eigenvalue weighted by atomic mass is 35.5. The average molecular weight is 353 g/mol. The second-order valence-corrected chi connectivity index (χ2v) is 6.05. The van der Waals surface area contributed by atoms with Crippen LogP contribution in [0.3, 0.4) is 0 Å². The molecular formula is C17H13ClN6O. The molecule has 0 aliphatic carbocycles. The first-order valence-electron chi connectivity index (χ1n) is 7.60. The van der Waals surface area contributed by atoms with Crippen molar-refractivity contribution in [3.05, 3.63) is 75.6 Å². The Morgan fingerprint density at radius 3 is 2.88 bits per heavy atom. The molecule has 0 bridgehead atoms. The van der Waals surface area contributed by atoms with E-state index in [9.17, 15) is 4.79 Å². The van der Waals surface area contributed by atoms with Crippen LogP contribution in [0.25, 0.3) is 16.9 Å². The lowest BCUT2D eigenvalue weighted by atomic mass is 10.2. The van der Waals surface area contributed by atoms with Crippen molar-refractivity contribution in [3.8, 4) is 5.69 Å². The Hall–Kier alpha value is -3.06. The van der Waals surface area contributed by atoms with Crippen LogP contribution in [0, 0.1) is 6.92 Å². The van der Waals surface area contributed by atoms with Crippen LogP contribution in [0.1, 0.15) is 11.1 Å². The van der Waals surface area contributed by atoms with Crippen molar-refractivity contribution >= 4 is 22.8 Å². The first-order valence-corrected chi connectivity index (χ1v) is 7.97. The minimum atomic E-state index is -0.252. The number of pyridine rings is 1. The fourth-order valence-corrected chi connectivity index (χ4v) is 2.71. The zero-order valence-corrected chi connectivity index (χ0v) is 14.1. The maximum atomic E-state index is 12.7. The molecular weight excluding hydrogens is 340 g/mol. The minimum absolute atomic E-state index is 0.211. The van der Waals surface area contributed by atoms with E-state index in [1.807, 2.05) is 31.2 Å². The van der Waals surface area contributed by atoms with Gasteiger partial charge < -0.3 is 0 Å². The lowest BCUT2D eigenvalue weighted by Crippen LogP contribution is -2.21. The quantitative estimate of drug-likeness (QED) is 0.565. The lowest BCUT2D eigenvalue weighted by Gasteiger charge is -2.06. The van der Waals surface area contributed by atoms with Gasteiger partial charge in [-0.25, -0.2) is 4.98 Å². The number of aryl methyl sites for hydroxylation is 1. The Bertz CT molecular complexity index is 1120. The van der Waals surface area contributed by atoms with Crippen LogP contribution in [0.5, 0.6) is 0 Å². The zero-order valence-electron chi connectivity index (χ0n) is 13.3. The molecule has 0 radical (unpaired) electrons. The van der Waals surface area contributed by atoms with Gasteiger partial charge in [-0.2, -0.15) is 4.68 Å². The van der Waals surface area contributed by atoms with E-state index in [-0.39, 0.29) is 11.1 Å². The van der Waals surface area contributed by atoms with Crippen molar-refractivity contribution in [2.45, 2.75) is 13.5 Å². The third kappa shape index (κ3) is 2.78. The molecule has 124 valence electrons. The summed E-state index contributed by atoms with van der Waals surface area (Å²) in [6.07, 6.45) is 4.89. The van der Waals surface area contributed by atoms with E-state index in [2.05, 4.69) is 20.3 Å². The number of hydrogen-bond donors (Lipinski definition) is 0. The molecule has 4 rings (SSSR count). The summed E-state index contributed by atoms with van der Waals surface area (Å²) in [5, 5.41) is 8.69. The number of hydrogen-bond acceptors (Lipinski definition) is 5. The van der Waals surface area contributed by atoms with Crippen molar-refractivity contribution in [2.24, 2.45) is 0 Å². The van der Waals surface area contributed by atoms with Crippen LogP contribution in [-0.4, -0.2) is 29.5 Å². The van der Waals surface area contributed by atoms with E-state index >= 15 is 0 Å². The smallest absolute Gasteiger partial charge is 0.283 e. The van der Waals surface area contributed by atoms with Crippen LogP contribution < -0.4 is 5.56 Å². The monoisotopic (exact) mass is 352 g/mol. The fourth-order valence-electron chi connectivity index (χ4n) is 2.53. The Kier molecular flexibility index (Phi) is 3.77. The van der Waals surface area contributed by atoms with Crippen LogP contribution in [0.15, 0.2) is 53.8 Å². The molecule has 25 heavy (non-hydrogen) atoms. The summed E-state index contributed by atoms with van der Waals surface area (Å²) in [5.74, 6) is 0. The third-order valence-corrected chi connectivity index (χ3v) is 4.31. The number of fused-ring (bicyclic) bond motifs is 1.